The van der Waals surface area contributed by atoms with E-state index in [1.807, 2.05) is 18.2 Å². The van der Waals surface area contributed by atoms with E-state index < -0.39 is 22.7 Å². The largest absolute Gasteiger partial charge is 0.417 e. The van der Waals surface area contributed by atoms with E-state index in [-0.39, 0.29) is 17.0 Å². The molecule has 13 heteroatoms. The van der Waals surface area contributed by atoms with Crippen LogP contribution in [0, 0.1) is 6.92 Å². The van der Waals surface area contributed by atoms with E-state index in [4.69, 9.17) is 11.6 Å². The highest BCUT2D eigenvalue weighted by Gasteiger charge is 2.33. The number of halogens is 4. The zero-order valence-electron chi connectivity index (χ0n) is 27.6. The molecule has 0 aliphatic heterocycles. The highest BCUT2D eigenvalue weighted by Crippen LogP contribution is 2.35. The molecule has 0 atom stereocenters. The predicted molar refractivity (Wildman–Crippen MR) is 186 cm³/mol. The van der Waals surface area contributed by atoms with E-state index in [9.17, 15) is 22.8 Å². The van der Waals surface area contributed by atoms with Crippen LogP contribution in [0.2, 0.25) is 5.02 Å². The van der Waals surface area contributed by atoms with Crippen molar-refractivity contribution in [1.82, 2.24) is 20.1 Å². The minimum Gasteiger partial charge on any atom is -0.313 e. The molecule has 1 aromatic heterocycles. The smallest absolute Gasteiger partial charge is 0.313 e. The van der Waals surface area contributed by atoms with Crippen molar-refractivity contribution in [2.75, 3.05) is 57.7 Å². The van der Waals surface area contributed by atoms with Crippen LogP contribution in [0.5, 0.6) is 0 Å². The van der Waals surface area contributed by atoms with Crippen LogP contribution in [-0.4, -0.2) is 85.1 Å². The Hall–Kier alpha value is -3.29. The van der Waals surface area contributed by atoms with Crippen LogP contribution in [0.15, 0.2) is 52.9 Å². The molecule has 2 N–H and O–H groups in total. The summed E-state index contributed by atoms with van der Waals surface area (Å²) in [6.45, 7) is 18.8. The molecule has 3 aromatic rings. The minimum atomic E-state index is -4.62. The average molecular weight is 693 g/mol. The molecule has 2 aromatic carbocycles. The van der Waals surface area contributed by atoms with E-state index in [1.165, 1.54) is 17.4 Å². The van der Waals surface area contributed by atoms with Crippen LogP contribution in [0.25, 0.3) is 0 Å². The summed E-state index contributed by atoms with van der Waals surface area (Å²) in [5.41, 5.74) is 3.79. The summed E-state index contributed by atoms with van der Waals surface area (Å²) < 4.78 is 39.6. The molecule has 0 spiro atoms. The zero-order chi connectivity index (χ0) is 34.6. The lowest BCUT2D eigenvalue weighted by molar-refractivity contribution is -0.137. The third-order valence-electron chi connectivity index (χ3n) is 7.95. The SMILES string of the molecule is CCN(CC)CCN(CCN(CC)CC)Cc1cccc(C(=O)Nc2scc(C)c2C(=O)N/N=C/c2ccc(Cl)c(C(F)(F)F)c2)c1. The molecule has 2 amide bonds. The van der Waals surface area contributed by atoms with E-state index in [1.54, 1.807) is 18.4 Å². The summed E-state index contributed by atoms with van der Waals surface area (Å²) in [4.78, 5) is 33.6. The summed E-state index contributed by atoms with van der Waals surface area (Å²) in [5, 5.41) is 8.34. The Kier molecular flexibility index (Phi) is 14.9. The molecule has 0 saturated heterocycles. The van der Waals surface area contributed by atoms with Gasteiger partial charge in [0.1, 0.15) is 5.00 Å². The maximum atomic E-state index is 13.4. The molecule has 256 valence electrons. The molecule has 0 saturated carbocycles. The van der Waals surface area contributed by atoms with Crippen LogP contribution >= 0.6 is 22.9 Å². The van der Waals surface area contributed by atoms with Gasteiger partial charge in [-0.15, -0.1) is 11.3 Å². The van der Waals surface area contributed by atoms with Crippen LogP contribution < -0.4 is 10.7 Å². The van der Waals surface area contributed by atoms with Gasteiger partial charge in [-0.1, -0.05) is 57.5 Å². The fourth-order valence-electron chi connectivity index (χ4n) is 5.04. The Morgan fingerprint density at radius 3 is 2.11 bits per heavy atom. The summed E-state index contributed by atoms with van der Waals surface area (Å²) >= 11 is 6.88. The first kappa shape index (κ1) is 38.2. The Balaban J connectivity index is 1.70. The van der Waals surface area contributed by atoms with E-state index in [0.29, 0.717) is 22.7 Å². The van der Waals surface area contributed by atoms with Gasteiger partial charge in [0.25, 0.3) is 11.8 Å². The highest BCUT2D eigenvalue weighted by molar-refractivity contribution is 7.15. The summed E-state index contributed by atoms with van der Waals surface area (Å²) in [7, 11) is 0. The van der Waals surface area contributed by atoms with E-state index >= 15 is 0 Å². The normalized spacial score (nSPS) is 12.1. The topological polar surface area (TPSA) is 80.3 Å². The van der Waals surface area contributed by atoms with Crippen LogP contribution in [0.4, 0.5) is 18.2 Å². The Morgan fingerprint density at radius 2 is 1.51 bits per heavy atom. The molecule has 0 radical (unpaired) electrons. The molecule has 1 heterocycles. The van der Waals surface area contributed by atoms with Gasteiger partial charge in [-0.25, -0.2) is 5.43 Å². The van der Waals surface area contributed by atoms with Gasteiger partial charge in [-0.3, -0.25) is 14.5 Å². The first-order valence-corrected chi connectivity index (χ1v) is 17.0. The number of alkyl halides is 3. The fraction of sp³-hybridized carbons (Fsp3) is 0.441. The molecule has 47 heavy (non-hydrogen) atoms. The minimum absolute atomic E-state index is 0.108. The van der Waals surface area contributed by atoms with Crippen molar-refractivity contribution < 1.29 is 22.8 Å². The number of thiophene rings is 1. The number of aryl methyl sites for hydroxylation is 1. The molecule has 8 nitrogen and oxygen atoms in total. The number of nitrogens with one attached hydrogen (secondary N) is 2. The summed E-state index contributed by atoms with van der Waals surface area (Å²) in [6.07, 6.45) is -3.53. The first-order valence-electron chi connectivity index (χ1n) is 15.8. The number of benzene rings is 2. The predicted octanol–water partition coefficient (Wildman–Crippen LogP) is 7.23. The van der Waals surface area contributed by atoms with Gasteiger partial charge >= 0.3 is 6.18 Å². The third-order valence-corrected chi connectivity index (χ3v) is 9.30. The monoisotopic (exact) mass is 692 g/mol. The average Bonchev–Trinajstić information content (AvgIpc) is 3.41. The lowest BCUT2D eigenvalue weighted by atomic mass is 10.1. The van der Waals surface area contributed by atoms with Crippen molar-refractivity contribution in [3.63, 3.8) is 0 Å². The molecule has 0 aliphatic carbocycles. The van der Waals surface area contributed by atoms with Gasteiger partial charge in [-0.2, -0.15) is 18.3 Å². The van der Waals surface area contributed by atoms with Crippen LogP contribution in [-0.2, 0) is 12.7 Å². The van der Waals surface area contributed by atoms with Gasteiger partial charge in [0.15, 0.2) is 0 Å². The van der Waals surface area contributed by atoms with Gasteiger partial charge in [0, 0.05) is 38.3 Å². The van der Waals surface area contributed by atoms with Gasteiger partial charge < -0.3 is 15.1 Å². The molecule has 0 unspecified atom stereocenters. The third kappa shape index (κ3) is 11.4. The molecular weight excluding hydrogens is 649 g/mol. The Bertz CT molecular complexity index is 1490. The second-order valence-electron chi connectivity index (χ2n) is 11.0. The van der Waals surface area contributed by atoms with Crippen molar-refractivity contribution in [3.05, 3.63) is 86.2 Å². The number of likely N-dealkylation sites (N-methyl/N-ethyl adjacent to an activating group) is 2. The van der Waals surface area contributed by atoms with Crippen LogP contribution in [0.1, 0.15) is 70.7 Å². The van der Waals surface area contributed by atoms with Crippen molar-refractivity contribution in [2.24, 2.45) is 5.10 Å². The number of nitrogens with zero attached hydrogens (tertiary/aromatic N) is 4. The summed E-state index contributed by atoms with van der Waals surface area (Å²) in [6, 6.07) is 10.8. The number of carbonyl (C=O) groups excluding carboxylic acids is 2. The lowest BCUT2D eigenvalue weighted by Gasteiger charge is -2.29. The zero-order valence-corrected chi connectivity index (χ0v) is 29.2. The fourth-order valence-corrected chi connectivity index (χ4v) is 6.20. The number of amides is 2. The highest BCUT2D eigenvalue weighted by atomic mass is 35.5. The number of hydrogen-bond donors (Lipinski definition) is 2. The van der Waals surface area contributed by atoms with Gasteiger partial charge in [-0.05, 0) is 79.4 Å². The number of carbonyl (C=O) groups is 2. The molecule has 3 rings (SSSR count). The van der Waals surface area contributed by atoms with Crippen LogP contribution in [0.3, 0.4) is 0 Å². The molecule has 0 aliphatic rings. The second kappa shape index (κ2) is 18.3. The number of hydrazone groups is 1. The molecule has 0 fully saturated rings. The van der Waals surface area contributed by atoms with Crippen molar-refractivity contribution >= 4 is 46.0 Å². The maximum absolute atomic E-state index is 13.4. The van der Waals surface area contributed by atoms with Gasteiger partial charge in [0.05, 0.1) is 22.4 Å². The van der Waals surface area contributed by atoms with Crippen molar-refractivity contribution in [2.45, 2.75) is 47.3 Å². The summed E-state index contributed by atoms with van der Waals surface area (Å²) in [5.74, 6) is -0.962. The standard InChI is InChI=1S/C34H44ClF3N6O2S/c1-6-42(7-2)15-17-44(18-16-43(8-3)9-4)22-26-11-10-12-27(19-26)31(45)40-33-30(24(5)23-47-33)32(46)41-39-21-25-13-14-29(35)28(20-25)34(36,37)38/h10-14,19-21,23H,6-9,15-18,22H2,1-5H3,(H,40,45)(H,41,46)/b39-21+. The number of hydrogen-bond acceptors (Lipinski definition) is 7. The Labute approximate surface area is 284 Å². The maximum Gasteiger partial charge on any atom is 0.417 e. The van der Waals surface area contributed by atoms with Crippen molar-refractivity contribution in [1.29, 1.82) is 0 Å². The van der Waals surface area contributed by atoms with Gasteiger partial charge in [0.2, 0.25) is 0 Å². The molecular formula is C34H44ClF3N6O2S. The van der Waals surface area contributed by atoms with E-state index in [2.05, 4.69) is 58.2 Å². The Morgan fingerprint density at radius 1 is 0.894 bits per heavy atom. The first-order chi connectivity index (χ1) is 22.4. The number of anilines is 1. The quantitative estimate of drug-likeness (QED) is 0.115. The van der Waals surface area contributed by atoms with Crippen molar-refractivity contribution in [3.8, 4) is 0 Å². The number of rotatable bonds is 17. The lowest BCUT2D eigenvalue weighted by Crippen LogP contribution is -2.39. The second-order valence-corrected chi connectivity index (χ2v) is 12.3. The molecule has 0 bridgehead atoms. The van der Waals surface area contributed by atoms with E-state index in [0.717, 1.165) is 76.3 Å².